The Morgan fingerprint density at radius 3 is 2.47 bits per heavy atom. The van der Waals surface area contributed by atoms with Crippen molar-refractivity contribution >= 4 is 0 Å². The van der Waals surface area contributed by atoms with Gasteiger partial charge in [0.1, 0.15) is 12.1 Å². The molecule has 0 spiro atoms. The molecule has 0 unspecified atom stereocenters. The maximum Gasteiger partial charge on any atom is 0.167 e. The van der Waals surface area contributed by atoms with Gasteiger partial charge in [0.05, 0.1) is 18.0 Å². The molecule has 0 aliphatic carbocycles. The summed E-state index contributed by atoms with van der Waals surface area (Å²) in [6.07, 6.45) is 1.75. The molecule has 0 fully saturated rings. The van der Waals surface area contributed by atoms with E-state index in [9.17, 15) is 4.39 Å². The highest BCUT2D eigenvalue weighted by molar-refractivity contribution is 5.30. The van der Waals surface area contributed by atoms with E-state index in [0.29, 0.717) is 18.7 Å². The second-order valence-electron chi connectivity index (χ2n) is 4.04. The fraction of sp³-hybridized carbons (Fsp3) is 0.286. The standard InChI is InChI=1S/C14H16FN3O/c1-2-19-11-5-3-10(4-6-11)7-12-14(15)13(8-16)18-9-17-12/h3-6,9H,2,7-8,16H2,1H3. The van der Waals surface area contributed by atoms with Gasteiger partial charge in [0, 0.05) is 13.0 Å². The van der Waals surface area contributed by atoms with E-state index in [0.717, 1.165) is 11.3 Å². The van der Waals surface area contributed by atoms with Crippen LogP contribution in [-0.4, -0.2) is 16.6 Å². The molecular formula is C14H16FN3O. The summed E-state index contributed by atoms with van der Waals surface area (Å²) in [7, 11) is 0. The number of aromatic nitrogens is 2. The summed E-state index contributed by atoms with van der Waals surface area (Å²) in [6, 6.07) is 7.52. The molecular weight excluding hydrogens is 245 g/mol. The Kier molecular flexibility index (Phi) is 4.41. The Morgan fingerprint density at radius 1 is 1.16 bits per heavy atom. The molecule has 4 nitrogen and oxygen atoms in total. The summed E-state index contributed by atoms with van der Waals surface area (Å²) in [6.45, 7) is 2.63. The van der Waals surface area contributed by atoms with Crippen molar-refractivity contribution in [3.63, 3.8) is 0 Å². The first-order valence-corrected chi connectivity index (χ1v) is 6.14. The van der Waals surface area contributed by atoms with E-state index in [4.69, 9.17) is 10.5 Å². The maximum absolute atomic E-state index is 13.9. The van der Waals surface area contributed by atoms with Crippen LogP contribution in [-0.2, 0) is 13.0 Å². The van der Waals surface area contributed by atoms with E-state index in [-0.39, 0.29) is 12.2 Å². The first kappa shape index (κ1) is 13.4. The van der Waals surface area contributed by atoms with E-state index < -0.39 is 5.82 Å². The number of benzene rings is 1. The monoisotopic (exact) mass is 261 g/mol. The van der Waals surface area contributed by atoms with Crippen LogP contribution in [0, 0.1) is 5.82 Å². The predicted octanol–water partition coefficient (Wildman–Crippen LogP) is 2.06. The third kappa shape index (κ3) is 3.26. The molecule has 2 N–H and O–H groups in total. The van der Waals surface area contributed by atoms with Crippen LogP contribution < -0.4 is 10.5 Å². The Labute approximate surface area is 111 Å². The summed E-state index contributed by atoms with van der Waals surface area (Å²) in [5.74, 6) is 0.385. The number of rotatable bonds is 5. The highest BCUT2D eigenvalue weighted by Gasteiger charge is 2.10. The van der Waals surface area contributed by atoms with Gasteiger partial charge >= 0.3 is 0 Å². The van der Waals surface area contributed by atoms with Gasteiger partial charge in [-0.2, -0.15) is 0 Å². The second kappa shape index (κ2) is 6.24. The predicted molar refractivity (Wildman–Crippen MR) is 70.3 cm³/mol. The molecule has 0 atom stereocenters. The van der Waals surface area contributed by atoms with Crippen LogP contribution in [0.2, 0.25) is 0 Å². The zero-order chi connectivity index (χ0) is 13.7. The minimum Gasteiger partial charge on any atom is -0.494 e. The SMILES string of the molecule is CCOc1ccc(Cc2ncnc(CN)c2F)cc1. The summed E-state index contributed by atoms with van der Waals surface area (Å²) in [5, 5.41) is 0. The van der Waals surface area contributed by atoms with Crippen LogP contribution >= 0.6 is 0 Å². The number of halogens is 1. The number of ether oxygens (including phenoxy) is 1. The van der Waals surface area contributed by atoms with Gasteiger partial charge in [0.15, 0.2) is 5.82 Å². The molecule has 1 aromatic heterocycles. The molecule has 0 saturated carbocycles. The lowest BCUT2D eigenvalue weighted by Gasteiger charge is -2.07. The second-order valence-corrected chi connectivity index (χ2v) is 4.04. The van der Waals surface area contributed by atoms with Crippen molar-refractivity contribution in [3.05, 3.63) is 53.4 Å². The average Bonchev–Trinajstić information content (AvgIpc) is 2.43. The smallest absolute Gasteiger partial charge is 0.167 e. The minimum atomic E-state index is -0.418. The van der Waals surface area contributed by atoms with E-state index in [1.807, 2.05) is 31.2 Å². The lowest BCUT2D eigenvalue weighted by atomic mass is 10.1. The quantitative estimate of drug-likeness (QED) is 0.895. The van der Waals surface area contributed by atoms with Crippen molar-refractivity contribution in [3.8, 4) is 5.75 Å². The summed E-state index contributed by atoms with van der Waals surface area (Å²) in [4.78, 5) is 7.77. The Balaban J connectivity index is 2.16. The fourth-order valence-corrected chi connectivity index (χ4v) is 1.78. The number of hydrogen-bond donors (Lipinski definition) is 1. The zero-order valence-corrected chi connectivity index (χ0v) is 10.8. The summed E-state index contributed by atoms with van der Waals surface area (Å²) >= 11 is 0. The van der Waals surface area contributed by atoms with Gasteiger partial charge in [-0.25, -0.2) is 14.4 Å². The van der Waals surface area contributed by atoms with Crippen LogP contribution in [0.15, 0.2) is 30.6 Å². The normalized spacial score (nSPS) is 10.5. The Hall–Kier alpha value is -2.01. The maximum atomic E-state index is 13.9. The molecule has 0 saturated heterocycles. The first-order chi connectivity index (χ1) is 9.24. The molecule has 1 heterocycles. The molecule has 0 aliphatic heterocycles. The third-order valence-corrected chi connectivity index (χ3v) is 2.73. The molecule has 2 rings (SSSR count). The molecule has 0 amide bonds. The van der Waals surface area contributed by atoms with Gasteiger partial charge in [0.25, 0.3) is 0 Å². The zero-order valence-electron chi connectivity index (χ0n) is 10.8. The summed E-state index contributed by atoms with van der Waals surface area (Å²) in [5.41, 5.74) is 6.99. The lowest BCUT2D eigenvalue weighted by molar-refractivity contribution is 0.340. The highest BCUT2D eigenvalue weighted by Crippen LogP contribution is 2.16. The van der Waals surface area contributed by atoms with Crippen molar-refractivity contribution < 1.29 is 9.13 Å². The van der Waals surface area contributed by atoms with Gasteiger partial charge in [-0.1, -0.05) is 12.1 Å². The van der Waals surface area contributed by atoms with Gasteiger partial charge in [-0.3, -0.25) is 0 Å². The highest BCUT2D eigenvalue weighted by atomic mass is 19.1. The lowest BCUT2D eigenvalue weighted by Crippen LogP contribution is -2.08. The third-order valence-electron chi connectivity index (χ3n) is 2.73. The number of nitrogens with two attached hydrogens (primary N) is 1. The molecule has 0 bridgehead atoms. The molecule has 1 aromatic carbocycles. The van der Waals surface area contributed by atoms with Crippen molar-refractivity contribution in [1.29, 1.82) is 0 Å². The van der Waals surface area contributed by atoms with Crippen LogP contribution in [0.4, 0.5) is 4.39 Å². The van der Waals surface area contributed by atoms with Crippen molar-refractivity contribution in [1.82, 2.24) is 9.97 Å². The molecule has 19 heavy (non-hydrogen) atoms. The van der Waals surface area contributed by atoms with Crippen molar-refractivity contribution in [2.75, 3.05) is 6.61 Å². The van der Waals surface area contributed by atoms with Gasteiger partial charge in [0.2, 0.25) is 0 Å². The largest absolute Gasteiger partial charge is 0.494 e. The van der Waals surface area contributed by atoms with Gasteiger partial charge in [-0.05, 0) is 24.6 Å². The molecule has 100 valence electrons. The van der Waals surface area contributed by atoms with E-state index in [2.05, 4.69) is 9.97 Å². The van der Waals surface area contributed by atoms with Crippen molar-refractivity contribution in [2.45, 2.75) is 19.9 Å². The van der Waals surface area contributed by atoms with E-state index >= 15 is 0 Å². The van der Waals surface area contributed by atoms with Crippen LogP contribution in [0.3, 0.4) is 0 Å². The van der Waals surface area contributed by atoms with Crippen LogP contribution in [0.25, 0.3) is 0 Å². The van der Waals surface area contributed by atoms with E-state index in [1.165, 1.54) is 6.33 Å². The number of hydrogen-bond acceptors (Lipinski definition) is 4. The van der Waals surface area contributed by atoms with Crippen LogP contribution in [0.1, 0.15) is 23.9 Å². The fourth-order valence-electron chi connectivity index (χ4n) is 1.78. The Morgan fingerprint density at radius 2 is 1.84 bits per heavy atom. The molecule has 0 aliphatic rings. The van der Waals surface area contributed by atoms with Gasteiger partial charge < -0.3 is 10.5 Å². The average molecular weight is 261 g/mol. The minimum absolute atomic E-state index is 0.0740. The molecule has 5 heteroatoms. The summed E-state index contributed by atoms with van der Waals surface area (Å²) < 4.78 is 19.3. The Bertz CT molecular complexity index is 543. The molecule has 2 aromatic rings. The molecule has 0 radical (unpaired) electrons. The number of nitrogens with zero attached hydrogens (tertiary/aromatic N) is 2. The van der Waals surface area contributed by atoms with E-state index in [1.54, 1.807) is 0 Å². The van der Waals surface area contributed by atoms with Gasteiger partial charge in [-0.15, -0.1) is 0 Å². The first-order valence-electron chi connectivity index (χ1n) is 6.14. The topological polar surface area (TPSA) is 61.0 Å². The van der Waals surface area contributed by atoms with Crippen molar-refractivity contribution in [2.24, 2.45) is 5.73 Å². The van der Waals surface area contributed by atoms with Crippen LogP contribution in [0.5, 0.6) is 5.75 Å².